The fraction of sp³-hybridized carbons (Fsp3) is 0.300. The smallest absolute Gasteiger partial charge is 0.408 e. The van der Waals surface area contributed by atoms with Crippen LogP contribution < -0.4 is 14.8 Å². The molecular weight excluding hydrogens is 350 g/mol. The Labute approximate surface area is 157 Å². The topological polar surface area (TPSA) is 94.1 Å². The zero-order valence-corrected chi connectivity index (χ0v) is 15.5. The molecule has 0 bridgehead atoms. The van der Waals surface area contributed by atoms with Gasteiger partial charge in [-0.25, -0.2) is 4.79 Å². The molecular formula is C20H23NO6. The maximum atomic E-state index is 12.0. The number of phenols is 1. The maximum absolute atomic E-state index is 12.0. The van der Waals surface area contributed by atoms with Crippen LogP contribution >= 0.6 is 0 Å². The van der Waals surface area contributed by atoms with E-state index in [-0.39, 0.29) is 18.8 Å². The van der Waals surface area contributed by atoms with E-state index in [4.69, 9.17) is 14.2 Å². The lowest BCUT2D eigenvalue weighted by Gasteiger charge is -2.18. The van der Waals surface area contributed by atoms with E-state index in [0.717, 1.165) is 5.56 Å². The Hall–Kier alpha value is -3.22. The Morgan fingerprint density at radius 2 is 1.85 bits per heavy atom. The van der Waals surface area contributed by atoms with Crippen molar-refractivity contribution in [1.29, 1.82) is 0 Å². The summed E-state index contributed by atoms with van der Waals surface area (Å²) in [6, 6.07) is 9.83. The monoisotopic (exact) mass is 373 g/mol. The van der Waals surface area contributed by atoms with Gasteiger partial charge >= 0.3 is 6.09 Å². The number of rotatable bonds is 8. The van der Waals surface area contributed by atoms with E-state index >= 15 is 0 Å². The lowest BCUT2D eigenvalue weighted by atomic mass is 10.0. The number of phenolic OH excluding ortho intramolecular Hbond substituents is 1. The van der Waals surface area contributed by atoms with Gasteiger partial charge in [-0.1, -0.05) is 30.3 Å². The van der Waals surface area contributed by atoms with E-state index in [0.29, 0.717) is 28.9 Å². The molecule has 0 aliphatic heterocycles. The minimum atomic E-state index is -0.839. The van der Waals surface area contributed by atoms with Gasteiger partial charge in [-0.3, -0.25) is 0 Å². The van der Waals surface area contributed by atoms with E-state index in [9.17, 15) is 14.7 Å². The third kappa shape index (κ3) is 5.13. The molecule has 0 saturated heterocycles. The number of benzene rings is 2. The van der Waals surface area contributed by atoms with Crippen molar-refractivity contribution < 1.29 is 28.9 Å². The predicted octanol–water partition coefficient (Wildman–Crippen LogP) is 2.75. The number of amides is 1. The molecule has 0 radical (unpaired) electrons. The third-order valence-electron chi connectivity index (χ3n) is 4.04. The van der Waals surface area contributed by atoms with Crippen molar-refractivity contribution in [2.45, 2.75) is 26.0 Å². The highest BCUT2D eigenvalue weighted by Crippen LogP contribution is 2.39. The highest BCUT2D eigenvalue weighted by molar-refractivity contribution is 5.73. The van der Waals surface area contributed by atoms with Gasteiger partial charge in [0, 0.05) is 17.5 Å². The molecule has 0 aromatic heterocycles. The molecule has 0 saturated carbocycles. The van der Waals surface area contributed by atoms with Crippen LogP contribution in [0, 0.1) is 6.92 Å². The molecule has 144 valence electrons. The molecule has 2 rings (SSSR count). The van der Waals surface area contributed by atoms with Gasteiger partial charge in [0.05, 0.1) is 20.3 Å². The van der Waals surface area contributed by atoms with Gasteiger partial charge in [-0.15, -0.1) is 0 Å². The summed E-state index contributed by atoms with van der Waals surface area (Å²) in [7, 11) is 2.93. The number of alkyl carbamates (subject to hydrolysis) is 1. The third-order valence-corrected chi connectivity index (χ3v) is 4.04. The van der Waals surface area contributed by atoms with Gasteiger partial charge < -0.3 is 29.4 Å². The van der Waals surface area contributed by atoms with E-state index in [1.165, 1.54) is 20.3 Å². The van der Waals surface area contributed by atoms with Crippen LogP contribution in [0.1, 0.15) is 16.7 Å². The van der Waals surface area contributed by atoms with Gasteiger partial charge in [0.25, 0.3) is 0 Å². The summed E-state index contributed by atoms with van der Waals surface area (Å²) in [6.45, 7) is 1.84. The Bertz CT molecular complexity index is 791. The van der Waals surface area contributed by atoms with Gasteiger partial charge in [-0.2, -0.15) is 0 Å². The molecule has 1 atom stereocenters. The van der Waals surface area contributed by atoms with Crippen LogP contribution in [0.3, 0.4) is 0 Å². The lowest BCUT2D eigenvalue weighted by Crippen LogP contribution is -2.38. The van der Waals surface area contributed by atoms with Crippen LogP contribution in [0.4, 0.5) is 4.79 Å². The quantitative estimate of drug-likeness (QED) is 0.691. The van der Waals surface area contributed by atoms with Crippen LogP contribution in [0.25, 0.3) is 0 Å². The number of aldehydes is 1. The number of carbonyl (C=O) groups excluding carboxylic acids is 2. The summed E-state index contributed by atoms with van der Waals surface area (Å²) in [6.07, 6.45) is 0.0371. The molecule has 0 aliphatic carbocycles. The highest BCUT2D eigenvalue weighted by Gasteiger charge is 2.20. The Balaban J connectivity index is 2.06. The second kappa shape index (κ2) is 9.47. The minimum absolute atomic E-state index is 0.0675. The normalized spacial score (nSPS) is 11.4. The van der Waals surface area contributed by atoms with Crippen molar-refractivity contribution in [2.24, 2.45) is 0 Å². The molecule has 0 fully saturated rings. The van der Waals surface area contributed by atoms with Crippen molar-refractivity contribution in [3.05, 3.63) is 53.1 Å². The van der Waals surface area contributed by atoms with Crippen molar-refractivity contribution >= 4 is 12.4 Å². The predicted molar refractivity (Wildman–Crippen MR) is 99.3 cm³/mol. The second-order valence-corrected chi connectivity index (χ2v) is 5.90. The summed E-state index contributed by atoms with van der Waals surface area (Å²) in [5, 5.41) is 12.6. The van der Waals surface area contributed by atoms with Crippen molar-refractivity contribution in [3.63, 3.8) is 0 Å². The fourth-order valence-electron chi connectivity index (χ4n) is 2.81. The molecule has 1 amide bonds. The Morgan fingerprint density at radius 1 is 1.19 bits per heavy atom. The lowest BCUT2D eigenvalue weighted by molar-refractivity contribution is -0.109. The standard InChI is InChI=1S/C20H23NO6/c1-13-18(25-2)15(10-17(23)19(13)26-3)9-16(11-22)21-20(24)27-12-14-7-5-4-6-8-14/h4-8,10-11,16,23H,9,12H2,1-3H3,(H,21,24)/t16-/m0/s1. The summed E-state index contributed by atoms with van der Waals surface area (Å²) in [4.78, 5) is 23.4. The molecule has 7 heteroatoms. The number of methoxy groups -OCH3 is 2. The van der Waals surface area contributed by atoms with E-state index in [1.54, 1.807) is 6.92 Å². The summed E-state index contributed by atoms with van der Waals surface area (Å²) in [5.41, 5.74) is 2.01. The summed E-state index contributed by atoms with van der Waals surface area (Å²) >= 11 is 0. The van der Waals surface area contributed by atoms with E-state index in [2.05, 4.69) is 5.32 Å². The minimum Gasteiger partial charge on any atom is -0.504 e. The van der Waals surface area contributed by atoms with Crippen LogP contribution in [0.15, 0.2) is 36.4 Å². The average Bonchev–Trinajstić information content (AvgIpc) is 2.67. The van der Waals surface area contributed by atoms with Crippen molar-refractivity contribution in [2.75, 3.05) is 14.2 Å². The SMILES string of the molecule is COc1c(O)cc(C[C@@H](C=O)NC(=O)OCc2ccccc2)c(OC)c1C. The first kappa shape index (κ1) is 20.1. The maximum Gasteiger partial charge on any atom is 0.408 e. The Morgan fingerprint density at radius 3 is 2.44 bits per heavy atom. The molecule has 0 heterocycles. The van der Waals surface area contributed by atoms with Gasteiger partial charge in [0.2, 0.25) is 0 Å². The first-order valence-corrected chi connectivity index (χ1v) is 8.36. The van der Waals surface area contributed by atoms with Gasteiger partial charge in [0.15, 0.2) is 11.5 Å². The highest BCUT2D eigenvalue weighted by atomic mass is 16.5. The number of nitrogens with one attached hydrogen (secondary N) is 1. The zero-order valence-electron chi connectivity index (χ0n) is 15.5. The Kier molecular flexibility index (Phi) is 7.05. The number of aromatic hydroxyl groups is 1. The number of hydrogen-bond acceptors (Lipinski definition) is 6. The first-order valence-electron chi connectivity index (χ1n) is 8.36. The molecule has 7 nitrogen and oxygen atoms in total. The average molecular weight is 373 g/mol. The molecule has 0 unspecified atom stereocenters. The largest absolute Gasteiger partial charge is 0.504 e. The molecule has 0 aliphatic rings. The molecule has 0 spiro atoms. The van der Waals surface area contributed by atoms with Crippen molar-refractivity contribution in [3.8, 4) is 17.2 Å². The molecule has 2 aromatic rings. The van der Waals surface area contributed by atoms with Gasteiger partial charge in [0.1, 0.15) is 18.6 Å². The molecule has 27 heavy (non-hydrogen) atoms. The van der Waals surface area contributed by atoms with Crippen LogP contribution in [-0.2, 0) is 22.6 Å². The second-order valence-electron chi connectivity index (χ2n) is 5.90. The first-order chi connectivity index (χ1) is 13.0. The van der Waals surface area contributed by atoms with E-state index in [1.807, 2.05) is 30.3 Å². The zero-order chi connectivity index (χ0) is 19.8. The molecule has 2 N–H and O–H groups in total. The van der Waals surface area contributed by atoms with E-state index < -0.39 is 12.1 Å². The summed E-state index contributed by atoms with van der Waals surface area (Å²) in [5.74, 6) is 0.714. The van der Waals surface area contributed by atoms with Crippen molar-refractivity contribution in [1.82, 2.24) is 5.32 Å². The number of carbonyl (C=O) groups is 2. The van der Waals surface area contributed by atoms with Crippen LogP contribution in [0.2, 0.25) is 0 Å². The van der Waals surface area contributed by atoms with Crippen LogP contribution in [-0.4, -0.2) is 37.7 Å². The molecule has 2 aromatic carbocycles. The fourth-order valence-corrected chi connectivity index (χ4v) is 2.81. The van der Waals surface area contributed by atoms with Crippen LogP contribution in [0.5, 0.6) is 17.2 Å². The van der Waals surface area contributed by atoms with Gasteiger partial charge in [-0.05, 0) is 18.6 Å². The number of hydrogen-bond donors (Lipinski definition) is 2. The number of ether oxygens (including phenoxy) is 3. The summed E-state index contributed by atoms with van der Waals surface area (Å²) < 4.78 is 15.7.